The lowest BCUT2D eigenvalue weighted by Gasteiger charge is -2.07. The average Bonchev–Trinajstić information content (AvgIpc) is 2.94. The van der Waals surface area contributed by atoms with Crippen molar-refractivity contribution < 1.29 is 0 Å². The topological polar surface area (TPSA) is 3.01 Å². The Kier molecular flexibility index (Phi) is 2.52. The van der Waals surface area contributed by atoms with Crippen LogP contribution in [0.25, 0.3) is 5.57 Å². The van der Waals surface area contributed by atoms with Gasteiger partial charge in [-0.3, -0.25) is 0 Å². The van der Waals surface area contributed by atoms with E-state index >= 15 is 0 Å². The van der Waals surface area contributed by atoms with E-state index in [1.807, 2.05) is 0 Å². The average molecular weight is 241 g/mol. The van der Waals surface area contributed by atoms with E-state index in [1.165, 1.54) is 21.7 Å². The summed E-state index contributed by atoms with van der Waals surface area (Å²) in [6, 6.07) is 13.4. The second-order valence-corrected chi connectivity index (χ2v) is 5.45. The Labute approximate surface area is 106 Å². The fourth-order valence-corrected chi connectivity index (χ4v) is 2.83. The summed E-state index contributed by atoms with van der Waals surface area (Å²) in [4.78, 5) is 3.70. The zero-order chi connectivity index (χ0) is 11.8. The van der Waals surface area contributed by atoms with E-state index in [1.54, 1.807) is 11.3 Å². The molecule has 0 radical (unpaired) electrons. The van der Waals surface area contributed by atoms with Crippen LogP contribution < -0.4 is 4.90 Å². The fraction of sp³-hybridized carbons (Fsp3) is 0.200. The van der Waals surface area contributed by atoms with Gasteiger partial charge in [-0.2, -0.15) is 0 Å². The zero-order valence-corrected chi connectivity index (χ0v) is 10.7. The Hall–Kier alpha value is -1.54. The highest BCUT2D eigenvalue weighted by Crippen LogP contribution is 2.37. The lowest BCUT2D eigenvalue weighted by atomic mass is 10.2. The molecule has 1 aromatic carbocycles. The molecule has 1 aliphatic heterocycles. The smallest absolute Gasteiger partial charge is 0.0726 e. The summed E-state index contributed by atoms with van der Waals surface area (Å²) in [6.07, 6.45) is 0. The highest BCUT2D eigenvalue weighted by Gasteiger charge is 2.36. The maximum Gasteiger partial charge on any atom is 0.0726 e. The molecular formula is C15H15NS. The summed E-state index contributed by atoms with van der Waals surface area (Å²) >= 11 is 1.77. The second-order valence-electron chi connectivity index (χ2n) is 4.51. The van der Waals surface area contributed by atoms with Crippen LogP contribution >= 0.6 is 11.3 Å². The minimum absolute atomic E-state index is 0.497. The van der Waals surface area contributed by atoms with Crippen molar-refractivity contribution in [3.05, 3.63) is 58.8 Å². The molecular weight excluding hydrogens is 226 g/mol. The van der Waals surface area contributed by atoms with E-state index in [0.29, 0.717) is 6.04 Å². The van der Waals surface area contributed by atoms with Crippen LogP contribution in [0.4, 0.5) is 5.69 Å². The van der Waals surface area contributed by atoms with Crippen molar-refractivity contribution in [2.75, 3.05) is 11.4 Å². The van der Waals surface area contributed by atoms with Crippen LogP contribution in [-0.4, -0.2) is 12.6 Å². The minimum Gasteiger partial charge on any atom is -0.360 e. The molecule has 1 nitrogen and oxygen atoms in total. The number of nitrogens with zero attached hydrogens (tertiary/aromatic N) is 1. The van der Waals surface area contributed by atoms with Crippen molar-refractivity contribution in [3.63, 3.8) is 0 Å². The standard InChI is InChI=1S/C15H15NS/c1-11-5-7-13(8-6-11)16-10-14(16)12(2)15-4-3-9-17-15/h3-9,14H,2,10H2,1H3. The molecule has 0 bridgehead atoms. The quantitative estimate of drug-likeness (QED) is 0.735. The van der Waals surface area contributed by atoms with Gasteiger partial charge in [0, 0.05) is 17.1 Å². The number of benzene rings is 1. The van der Waals surface area contributed by atoms with Gasteiger partial charge in [0.2, 0.25) is 0 Å². The van der Waals surface area contributed by atoms with Crippen LogP contribution in [0.3, 0.4) is 0 Å². The predicted molar refractivity (Wildman–Crippen MR) is 75.7 cm³/mol. The zero-order valence-electron chi connectivity index (χ0n) is 9.89. The predicted octanol–water partition coefficient (Wildman–Crippen LogP) is 3.96. The number of thiophene rings is 1. The first-order chi connectivity index (χ1) is 8.25. The van der Waals surface area contributed by atoms with Crippen LogP contribution in [0.2, 0.25) is 0 Å². The molecule has 0 saturated carbocycles. The molecule has 2 heteroatoms. The highest BCUT2D eigenvalue weighted by atomic mass is 32.1. The molecule has 3 rings (SSSR count). The first-order valence-electron chi connectivity index (χ1n) is 5.82. The SMILES string of the molecule is C=C(c1cccs1)C1CN1c1ccc(C)cc1. The van der Waals surface area contributed by atoms with Crippen LogP contribution in [0.1, 0.15) is 10.4 Å². The van der Waals surface area contributed by atoms with E-state index in [9.17, 15) is 0 Å². The van der Waals surface area contributed by atoms with Gasteiger partial charge >= 0.3 is 0 Å². The number of aryl methyl sites for hydroxylation is 1. The van der Waals surface area contributed by atoms with Gasteiger partial charge in [0.05, 0.1) is 6.04 Å². The molecule has 0 aliphatic carbocycles. The Morgan fingerprint density at radius 3 is 2.71 bits per heavy atom. The van der Waals surface area contributed by atoms with Gasteiger partial charge in [-0.1, -0.05) is 30.3 Å². The van der Waals surface area contributed by atoms with Crippen molar-refractivity contribution in [1.82, 2.24) is 0 Å². The van der Waals surface area contributed by atoms with Crippen LogP contribution in [-0.2, 0) is 0 Å². The molecule has 1 aliphatic rings. The highest BCUT2D eigenvalue weighted by molar-refractivity contribution is 7.11. The van der Waals surface area contributed by atoms with E-state index in [0.717, 1.165) is 6.54 Å². The van der Waals surface area contributed by atoms with Gasteiger partial charge in [0.25, 0.3) is 0 Å². The van der Waals surface area contributed by atoms with Crippen LogP contribution in [0.5, 0.6) is 0 Å². The van der Waals surface area contributed by atoms with E-state index in [4.69, 9.17) is 0 Å². The number of anilines is 1. The van der Waals surface area contributed by atoms with Gasteiger partial charge in [-0.15, -0.1) is 11.3 Å². The third kappa shape index (κ3) is 2.01. The fourth-order valence-electron chi connectivity index (χ4n) is 2.08. The maximum absolute atomic E-state index is 4.22. The summed E-state index contributed by atoms with van der Waals surface area (Å²) in [5, 5.41) is 2.11. The Morgan fingerprint density at radius 1 is 1.29 bits per heavy atom. The normalized spacial score (nSPS) is 18.2. The van der Waals surface area contributed by atoms with Crippen molar-refractivity contribution in [1.29, 1.82) is 0 Å². The van der Waals surface area contributed by atoms with E-state index in [-0.39, 0.29) is 0 Å². The third-order valence-electron chi connectivity index (χ3n) is 3.22. The number of hydrogen-bond donors (Lipinski definition) is 0. The van der Waals surface area contributed by atoms with E-state index in [2.05, 4.69) is 60.2 Å². The summed E-state index contributed by atoms with van der Waals surface area (Å²) < 4.78 is 0. The van der Waals surface area contributed by atoms with Crippen molar-refractivity contribution in [2.45, 2.75) is 13.0 Å². The third-order valence-corrected chi connectivity index (χ3v) is 4.16. The first kappa shape index (κ1) is 10.6. The molecule has 86 valence electrons. The summed E-state index contributed by atoms with van der Waals surface area (Å²) in [6.45, 7) is 7.44. The lowest BCUT2D eigenvalue weighted by Crippen LogP contribution is -2.00. The number of rotatable bonds is 3. The van der Waals surface area contributed by atoms with Crippen molar-refractivity contribution in [2.24, 2.45) is 0 Å². The molecule has 0 amide bonds. The van der Waals surface area contributed by atoms with Crippen molar-refractivity contribution in [3.8, 4) is 0 Å². The van der Waals surface area contributed by atoms with Gasteiger partial charge in [0.15, 0.2) is 0 Å². The maximum atomic E-state index is 4.22. The van der Waals surface area contributed by atoms with Gasteiger partial charge in [-0.05, 0) is 36.1 Å². The molecule has 2 aromatic rings. The van der Waals surface area contributed by atoms with Crippen LogP contribution in [0.15, 0.2) is 48.4 Å². The second kappa shape index (κ2) is 4.04. The molecule has 1 unspecified atom stereocenters. The Morgan fingerprint density at radius 2 is 2.06 bits per heavy atom. The molecule has 17 heavy (non-hydrogen) atoms. The van der Waals surface area contributed by atoms with E-state index < -0.39 is 0 Å². The molecule has 1 saturated heterocycles. The molecule has 1 aromatic heterocycles. The molecule has 2 heterocycles. The minimum atomic E-state index is 0.497. The monoisotopic (exact) mass is 241 g/mol. The first-order valence-corrected chi connectivity index (χ1v) is 6.69. The Bertz CT molecular complexity index is 525. The molecule has 0 N–H and O–H groups in total. The van der Waals surface area contributed by atoms with Crippen molar-refractivity contribution >= 4 is 22.6 Å². The number of hydrogen-bond acceptors (Lipinski definition) is 2. The summed E-state index contributed by atoms with van der Waals surface area (Å²) in [5.74, 6) is 0. The van der Waals surface area contributed by atoms with Gasteiger partial charge in [0.1, 0.15) is 0 Å². The lowest BCUT2D eigenvalue weighted by molar-refractivity contribution is 1.28. The van der Waals surface area contributed by atoms with Gasteiger partial charge < -0.3 is 4.90 Å². The molecule has 1 fully saturated rings. The van der Waals surface area contributed by atoms with Gasteiger partial charge in [-0.25, -0.2) is 0 Å². The summed E-state index contributed by atoms with van der Waals surface area (Å²) in [5.41, 5.74) is 3.86. The largest absolute Gasteiger partial charge is 0.360 e. The molecule has 1 atom stereocenters. The van der Waals surface area contributed by atoms with Crippen LogP contribution in [0, 0.1) is 6.92 Å². The summed E-state index contributed by atoms with van der Waals surface area (Å²) in [7, 11) is 0. The Balaban J connectivity index is 1.74. The molecule has 0 spiro atoms.